The summed E-state index contributed by atoms with van der Waals surface area (Å²) in [6, 6.07) is 7.00. The van der Waals surface area contributed by atoms with E-state index in [4.69, 9.17) is 11.0 Å². The number of rotatable bonds is 0. The van der Waals surface area contributed by atoms with E-state index >= 15 is 0 Å². The van der Waals surface area contributed by atoms with Gasteiger partial charge < -0.3 is 10.8 Å². The number of anilines is 1. The Bertz CT molecular complexity index is 510. The molecule has 64 valence electrons. The molecule has 0 amide bonds. The predicted molar refractivity (Wildman–Crippen MR) is 52.6 cm³/mol. The van der Waals surface area contributed by atoms with Gasteiger partial charge in [-0.2, -0.15) is 5.26 Å². The van der Waals surface area contributed by atoms with Gasteiger partial charge in [0, 0.05) is 0 Å². The van der Waals surface area contributed by atoms with Crippen molar-refractivity contribution in [2.75, 3.05) is 5.73 Å². The van der Waals surface area contributed by atoms with Crippen LogP contribution in [0.1, 0.15) is 5.56 Å². The molecule has 3 nitrogen and oxygen atoms in total. The topological polar surface area (TPSA) is 70.0 Å². The van der Waals surface area contributed by atoms with E-state index in [2.05, 4.69) is 0 Å². The molecule has 0 saturated heterocycles. The molecule has 0 radical (unpaired) electrons. The van der Waals surface area contributed by atoms with Gasteiger partial charge in [0.2, 0.25) is 0 Å². The molecule has 1 heterocycles. The van der Waals surface area contributed by atoms with Crippen LogP contribution in [0.3, 0.4) is 0 Å². The van der Waals surface area contributed by atoms with Gasteiger partial charge >= 0.3 is 0 Å². The first-order valence-corrected chi connectivity index (χ1v) is 4.45. The lowest BCUT2D eigenvalue weighted by Gasteiger charge is -1.95. The lowest BCUT2D eigenvalue weighted by Crippen LogP contribution is -1.75. The largest absolute Gasteiger partial charge is 0.507 e. The van der Waals surface area contributed by atoms with Gasteiger partial charge in [0.25, 0.3) is 0 Å². The number of hydrogen-bond acceptors (Lipinski definition) is 4. The molecule has 2 aromatic rings. The minimum absolute atomic E-state index is 0.0110. The number of hydrogen-bond donors (Lipinski definition) is 2. The maximum atomic E-state index is 9.36. The minimum atomic E-state index is 0.0110. The van der Waals surface area contributed by atoms with Gasteiger partial charge in [0.1, 0.15) is 17.4 Å². The first-order valence-electron chi connectivity index (χ1n) is 3.63. The zero-order chi connectivity index (χ0) is 9.42. The number of nitrogens with zero attached hydrogens (tertiary/aromatic N) is 1. The van der Waals surface area contributed by atoms with Gasteiger partial charge in [0.05, 0.1) is 9.70 Å². The smallest absolute Gasteiger partial charge is 0.134 e. The molecule has 0 spiro atoms. The van der Waals surface area contributed by atoms with Crippen LogP contribution >= 0.6 is 11.3 Å². The molecule has 0 aliphatic rings. The third-order valence-electron chi connectivity index (χ3n) is 1.80. The highest BCUT2D eigenvalue weighted by Crippen LogP contribution is 2.34. The molecule has 0 aliphatic carbocycles. The van der Waals surface area contributed by atoms with E-state index in [0.29, 0.717) is 10.6 Å². The van der Waals surface area contributed by atoms with E-state index in [1.165, 1.54) is 17.4 Å². The van der Waals surface area contributed by atoms with Crippen LogP contribution < -0.4 is 5.73 Å². The average Bonchev–Trinajstić information content (AvgIpc) is 2.45. The van der Waals surface area contributed by atoms with Crippen molar-refractivity contribution in [3.63, 3.8) is 0 Å². The van der Waals surface area contributed by atoms with Crippen LogP contribution in [0.5, 0.6) is 5.75 Å². The summed E-state index contributed by atoms with van der Waals surface area (Å²) >= 11 is 1.31. The Hall–Kier alpha value is -1.73. The van der Waals surface area contributed by atoms with Gasteiger partial charge in [-0.15, -0.1) is 11.3 Å². The van der Waals surface area contributed by atoms with Crippen LogP contribution in [0.4, 0.5) is 5.00 Å². The van der Waals surface area contributed by atoms with Gasteiger partial charge in [-0.3, -0.25) is 0 Å². The molecule has 1 aromatic heterocycles. The van der Waals surface area contributed by atoms with Crippen LogP contribution in [-0.2, 0) is 0 Å². The van der Waals surface area contributed by atoms with Crippen molar-refractivity contribution in [3.05, 3.63) is 23.8 Å². The monoisotopic (exact) mass is 190 g/mol. The number of nitrogens with two attached hydrogens (primary N) is 1. The Morgan fingerprint density at radius 1 is 1.46 bits per heavy atom. The molecule has 0 bridgehead atoms. The quantitative estimate of drug-likeness (QED) is 0.668. The molecule has 3 N–H and O–H groups in total. The maximum absolute atomic E-state index is 9.36. The van der Waals surface area contributed by atoms with Crippen molar-refractivity contribution in [2.24, 2.45) is 0 Å². The summed E-state index contributed by atoms with van der Waals surface area (Å²) in [7, 11) is 0. The van der Waals surface area contributed by atoms with Crippen LogP contribution in [0, 0.1) is 11.3 Å². The Morgan fingerprint density at radius 2 is 2.23 bits per heavy atom. The van der Waals surface area contributed by atoms with Crippen molar-refractivity contribution in [2.45, 2.75) is 0 Å². The van der Waals surface area contributed by atoms with E-state index in [0.717, 1.165) is 10.1 Å². The molecular formula is C9H6N2OS. The fourth-order valence-corrected chi connectivity index (χ4v) is 2.14. The van der Waals surface area contributed by atoms with Crippen molar-refractivity contribution in [1.29, 1.82) is 5.26 Å². The lowest BCUT2D eigenvalue weighted by molar-refractivity contribution is 0.474. The summed E-state index contributed by atoms with van der Waals surface area (Å²) in [6.07, 6.45) is 0. The first-order chi connectivity index (χ1) is 6.22. The summed E-state index contributed by atoms with van der Waals surface area (Å²) in [6.45, 7) is 0. The van der Waals surface area contributed by atoms with Gasteiger partial charge in [-0.25, -0.2) is 0 Å². The summed E-state index contributed by atoms with van der Waals surface area (Å²) in [4.78, 5) is 0. The summed E-state index contributed by atoms with van der Waals surface area (Å²) in [5, 5.41) is 19.7. The molecule has 0 aliphatic heterocycles. The molecule has 1 aromatic carbocycles. The minimum Gasteiger partial charge on any atom is -0.507 e. The molecule has 0 fully saturated rings. The van der Waals surface area contributed by atoms with Gasteiger partial charge in [0.15, 0.2) is 0 Å². The normalized spacial score (nSPS) is 10.1. The van der Waals surface area contributed by atoms with Crippen molar-refractivity contribution < 1.29 is 5.11 Å². The average molecular weight is 190 g/mol. The SMILES string of the molecule is N#Cc1c(O)ccc2cc(N)sc12. The standard InChI is InChI=1S/C9H6N2OS/c10-4-6-7(12)2-1-5-3-8(11)13-9(5)6/h1-3,12H,11H2. The number of fused-ring (bicyclic) bond motifs is 1. The molecule has 2 rings (SSSR count). The Kier molecular flexibility index (Phi) is 1.61. The highest BCUT2D eigenvalue weighted by atomic mass is 32.1. The number of thiophene rings is 1. The van der Waals surface area contributed by atoms with Crippen LogP contribution in [0.2, 0.25) is 0 Å². The molecule has 13 heavy (non-hydrogen) atoms. The fraction of sp³-hybridized carbons (Fsp3) is 0. The molecule has 0 saturated carbocycles. The van der Waals surface area contributed by atoms with E-state index < -0.39 is 0 Å². The second kappa shape index (κ2) is 2.64. The van der Waals surface area contributed by atoms with Gasteiger partial charge in [-0.05, 0) is 23.6 Å². The highest BCUT2D eigenvalue weighted by molar-refractivity contribution is 7.22. The van der Waals surface area contributed by atoms with E-state index in [1.807, 2.05) is 6.07 Å². The summed E-state index contributed by atoms with van der Waals surface area (Å²) < 4.78 is 0.750. The van der Waals surface area contributed by atoms with Crippen molar-refractivity contribution in [3.8, 4) is 11.8 Å². The molecule has 0 unspecified atom stereocenters. The molecular weight excluding hydrogens is 184 g/mol. The number of nitriles is 1. The number of phenols is 1. The molecule has 0 atom stereocenters. The fourth-order valence-electron chi connectivity index (χ4n) is 1.22. The summed E-state index contributed by atoms with van der Waals surface area (Å²) in [5.74, 6) is 0.0110. The van der Waals surface area contributed by atoms with Crippen LogP contribution in [0.15, 0.2) is 18.2 Å². The van der Waals surface area contributed by atoms with Gasteiger partial charge in [-0.1, -0.05) is 0 Å². The summed E-state index contributed by atoms with van der Waals surface area (Å²) in [5.41, 5.74) is 5.90. The Labute approximate surface area is 78.6 Å². The van der Waals surface area contributed by atoms with Crippen molar-refractivity contribution >= 4 is 26.4 Å². The van der Waals surface area contributed by atoms with E-state index in [9.17, 15) is 5.11 Å². The van der Waals surface area contributed by atoms with Crippen LogP contribution in [-0.4, -0.2) is 5.11 Å². The third-order valence-corrected chi connectivity index (χ3v) is 2.79. The second-order valence-corrected chi connectivity index (χ2v) is 3.72. The zero-order valence-electron chi connectivity index (χ0n) is 6.61. The van der Waals surface area contributed by atoms with Crippen LogP contribution in [0.25, 0.3) is 10.1 Å². The number of aromatic hydroxyl groups is 1. The van der Waals surface area contributed by atoms with E-state index in [1.54, 1.807) is 12.1 Å². The molecule has 4 heteroatoms. The Balaban J connectivity index is 2.93. The Morgan fingerprint density at radius 3 is 2.92 bits per heavy atom. The maximum Gasteiger partial charge on any atom is 0.134 e. The van der Waals surface area contributed by atoms with E-state index in [-0.39, 0.29) is 5.75 Å². The predicted octanol–water partition coefficient (Wildman–Crippen LogP) is 2.06. The number of nitrogen functional groups attached to an aromatic ring is 1. The third kappa shape index (κ3) is 1.10. The first kappa shape index (κ1) is 7.90. The number of benzene rings is 1. The van der Waals surface area contributed by atoms with Crippen molar-refractivity contribution in [1.82, 2.24) is 0 Å². The zero-order valence-corrected chi connectivity index (χ0v) is 7.43. The lowest BCUT2D eigenvalue weighted by atomic mass is 10.1. The number of phenolic OH excluding ortho intramolecular Hbond substituents is 1. The highest BCUT2D eigenvalue weighted by Gasteiger charge is 2.08. The second-order valence-electron chi connectivity index (χ2n) is 2.64.